The van der Waals surface area contributed by atoms with Crippen molar-refractivity contribution in [2.75, 3.05) is 44.0 Å². The summed E-state index contributed by atoms with van der Waals surface area (Å²) in [5, 5.41) is 16.8. The van der Waals surface area contributed by atoms with E-state index in [1.165, 1.54) is 17.3 Å². The fraction of sp³-hybridized carbons (Fsp3) is 0.375. The molecule has 46 heavy (non-hydrogen) atoms. The number of rotatable bonds is 8. The first kappa shape index (κ1) is 31.1. The van der Waals surface area contributed by atoms with E-state index >= 15 is 0 Å². The van der Waals surface area contributed by atoms with Crippen molar-refractivity contribution < 1.29 is 18.3 Å². The van der Waals surface area contributed by atoms with Gasteiger partial charge in [0.2, 0.25) is 0 Å². The minimum absolute atomic E-state index is 0.131. The van der Waals surface area contributed by atoms with Gasteiger partial charge >= 0.3 is 0 Å². The molecule has 2 aliphatic rings. The Bertz CT molecular complexity index is 1940. The molecule has 4 aromatic heterocycles. The number of aliphatic hydroxyl groups is 1. The molecule has 1 saturated heterocycles. The van der Waals surface area contributed by atoms with Crippen LogP contribution in [0.1, 0.15) is 54.4 Å². The molecule has 0 aromatic carbocycles. The molecule has 1 aliphatic heterocycles. The maximum atomic E-state index is 12.6. The lowest BCUT2D eigenvalue weighted by Gasteiger charge is -2.39. The van der Waals surface area contributed by atoms with E-state index in [9.17, 15) is 18.3 Å². The monoisotopic (exact) mass is 641 g/mol. The summed E-state index contributed by atoms with van der Waals surface area (Å²) in [7, 11) is -0.147. The van der Waals surface area contributed by atoms with Crippen LogP contribution in [0.15, 0.2) is 55.1 Å². The summed E-state index contributed by atoms with van der Waals surface area (Å²) in [6.07, 6.45) is 9.08. The number of aliphatic hydroxyl groups excluding tert-OH is 1. The van der Waals surface area contributed by atoms with E-state index in [1.54, 1.807) is 50.8 Å². The van der Waals surface area contributed by atoms with Crippen LogP contribution >= 0.6 is 0 Å². The molecule has 14 heteroatoms. The van der Waals surface area contributed by atoms with Crippen LogP contribution in [0.25, 0.3) is 11.4 Å². The Morgan fingerprint density at radius 1 is 1.09 bits per heavy atom. The average molecular weight is 642 g/mol. The number of nitrogens with zero attached hydrogens (tertiary/aromatic N) is 8. The van der Waals surface area contributed by atoms with Gasteiger partial charge in [0, 0.05) is 52.3 Å². The largest absolute Gasteiger partial charge is 0.396 e. The lowest BCUT2D eigenvalue weighted by Crippen LogP contribution is -2.40. The number of carbonyl (C=O) groups excluding carboxylic acids is 1. The van der Waals surface area contributed by atoms with E-state index in [1.807, 2.05) is 6.07 Å². The molecule has 2 fully saturated rings. The molecule has 5 heterocycles. The third-order valence-electron chi connectivity index (χ3n) is 8.21. The van der Waals surface area contributed by atoms with Crippen molar-refractivity contribution in [3.05, 3.63) is 72.1 Å². The standard InChI is InChI=1S/C32H35N9O4S/c1-32(21-42)12-15-40(16-13-32)27-17-29(34-18-22(27)7-8-24-5-4-6-26(36-24)31(43)39(2)3)37-28-11-14-33-30(38-28)23-19-35-41(20-23)46(44,45)25-9-10-25/h4-6,11,14,17-20,25,42H,9-10,12-13,15-16,21H2,1-3H3,(H,33,34,37,38). The maximum Gasteiger partial charge on any atom is 0.271 e. The van der Waals surface area contributed by atoms with Crippen molar-refractivity contribution in [1.29, 1.82) is 0 Å². The highest BCUT2D eigenvalue weighted by atomic mass is 32.2. The number of hydrogen-bond donors (Lipinski definition) is 2. The first-order valence-corrected chi connectivity index (χ1v) is 16.5. The highest BCUT2D eigenvalue weighted by molar-refractivity contribution is 7.90. The Kier molecular flexibility index (Phi) is 8.45. The fourth-order valence-electron chi connectivity index (χ4n) is 5.08. The van der Waals surface area contributed by atoms with E-state index in [4.69, 9.17) is 0 Å². The highest BCUT2D eigenvalue weighted by Crippen LogP contribution is 2.35. The number of aromatic nitrogens is 6. The first-order valence-electron chi connectivity index (χ1n) is 15.0. The summed E-state index contributed by atoms with van der Waals surface area (Å²) < 4.78 is 26.2. The lowest BCUT2D eigenvalue weighted by atomic mass is 9.81. The van der Waals surface area contributed by atoms with E-state index < -0.39 is 10.0 Å². The SMILES string of the molecule is CN(C)C(=O)c1cccc(C#Cc2cnc(Nc3ccnc(-c4cnn(S(=O)(=O)C5CC5)c4)n3)cc2N2CCC(C)(CO)CC2)n1. The summed E-state index contributed by atoms with van der Waals surface area (Å²) in [5.74, 6) is 7.42. The fourth-order valence-corrected chi connectivity index (χ4v) is 6.55. The molecule has 1 saturated carbocycles. The smallest absolute Gasteiger partial charge is 0.271 e. The third-order valence-corrected chi connectivity index (χ3v) is 10.2. The summed E-state index contributed by atoms with van der Waals surface area (Å²) in [4.78, 5) is 34.0. The molecule has 1 amide bonds. The zero-order valence-corrected chi connectivity index (χ0v) is 26.7. The Morgan fingerprint density at radius 2 is 1.87 bits per heavy atom. The number of nitrogens with one attached hydrogen (secondary N) is 1. The molecule has 0 unspecified atom stereocenters. The Hall–Kier alpha value is -4.87. The van der Waals surface area contributed by atoms with Crippen molar-refractivity contribution in [3.63, 3.8) is 0 Å². The number of anilines is 3. The molecular weight excluding hydrogens is 606 g/mol. The van der Waals surface area contributed by atoms with Gasteiger partial charge in [-0.15, -0.1) is 0 Å². The molecule has 6 rings (SSSR count). The highest BCUT2D eigenvalue weighted by Gasteiger charge is 2.37. The second kappa shape index (κ2) is 12.5. The van der Waals surface area contributed by atoms with Gasteiger partial charge in [0.1, 0.15) is 23.0 Å². The van der Waals surface area contributed by atoms with Gasteiger partial charge in [0.25, 0.3) is 15.9 Å². The Labute approximate surface area is 267 Å². The molecule has 13 nitrogen and oxygen atoms in total. The topological polar surface area (TPSA) is 159 Å². The molecule has 238 valence electrons. The summed E-state index contributed by atoms with van der Waals surface area (Å²) >= 11 is 0. The van der Waals surface area contributed by atoms with Crippen LogP contribution in [0.5, 0.6) is 0 Å². The number of pyridine rings is 2. The molecule has 4 aromatic rings. The van der Waals surface area contributed by atoms with Crippen molar-refractivity contribution in [2.24, 2.45) is 5.41 Å². The van der Waals surface area contributed by atoms with Gasteiger partial charge in [-0.25, -0.2) is 28.4 Å². The summed E-state index contributed by atoms with van der Waals surface area (Å²) in [6, 6.07) is 8.78. The van der Waals surface area contributed by atoms with Crippen LogP contribution in [0.4, 0.5) is 17.3 Å². The van der Waals surface area contributed by atoms with Gasteiger partial charge in [-0.1, -0.05) is 18.9 Å². The van der Waals surface area contributed by atoms with Crippen molar-refractivity contribution in [3.8, 4) is 23.2 Å². The van der Waals surface area contributed by atoms with E-state index in [-0.39, 0.29) is 23.2 Å². The third kappa shape index (κ3) is 6.70. The first-order chi connectivity index (χ1) is 22.0. The van der Waals surface area contributed by atoms with E-state index in [2.05, 4.69) is 54.0 Å². The van der Waals surface area contributed by atoms with Crippen LogP contribution in [0.2, 0.25) is 0 Å². The number of piperidine rings is 1. The van der Waals surface area contributed by atoms with Crippen LogP contribution < -0.4 is 10.2 Å². The van der Waals surface area contributed by atoms with Crippen LogP contribution in [0, 0.1) is 17.3 Å². The number of amides is 1. The normalized spacial score (nSPS) is 16.0. The summed E-state index contributed by atoms with van der Waals surface area (Å²) in [6.45, 7) is 3.68. The molecule has 1 aliphatic carbocycles. The van der Waals surface area contributed by atoms with Crippen molar-refractivity contribution >= 4 is 33.3 Å². The second-order valence-corrected chi connectivity index (χ2v) is 14.2. The van der Waals surface area contributed by atoms with Gasteiger partial charge in [0.15, 0.2) is 5.82 Å². The van der Waals surface area contributed by atoms with Crippen LogP contribution in [-0.2, 0) is 10.0 Å². The van der Waals surface area contributed by atoms with Gasteiger partial charge in [-0.3, -0.25) is 4.79 Å². The van der Waals surface area contributed by atoms with E-state index in [0.29, 0.717) is 52.8 Å². The van der Waals surface area contributed by atoms with Gasteiger partial charge in [-0.05, 0) is 55.2 Å². The van der Waals surface area contributed by atoms with Gasteiger partial charge < -0.3 is 20.2 Å². The molecule has 2 N–H and O–H groups in total. The zero-order chi connectivity index (χ0) is 32.5. The predicted molar refractivity (Wildman–Crippen MR) is 173 cm³/mol. The molecule has 0 radical (unpaired) electrons. The van der Waals surface area contributed by atoms with Crippen LogP contribution in [-0.4, -0.2) is 92.5 Å². The quantitative estimate of drug-likeness (QED) is 0.273. The predicted octanol–water partition coefficient (Wildman–Crippen LogP) is 2.91. The van der Waals surface area contributed by atoms with Gasteiger partial charge in [-0.2, -0.15) is 9.19 Å². The minimum atomic E-state index is -3.50. The zero-order valence-electron chi connectivity index (χ0n) is 25.9. The number of carbonyl (C=O) groups is 1. The Balaban J connectivity index is 1.28. The van der Waals surface area contributed by atoms with Gasteiger partial charge in [0.05, 0.1) is 34.5 Å². The van der Waals surface area contributed by atoms with Crippen LogP contribution in [0.3, 0.4) is 0 Å². The lowest BCUT2D eigenvalue weighted by molar-refractivity contribution is 0.0822. The molecule has 0 spiro atoms. The molecule has 0 atom stereocenters. The van der Waals surface area contributed by atoms with Crippen molar-refractivity contribution in [2.45, 2.75) is 37.9 Å². The average Bonchev–Trinajstić information content (AvgIpc) is 3.81. The minimum Gasteiger partial charge on any atom is -0.396 e. The number of hydrogen-bond acceptors (Lipinski definition) is 11. The summed E-state index contributed by atoms with van der Waals surface area (Å²) in [5.41, 5.74) is 2.69. The second-order valence-electron chi connectivity index (χ2n) is 12.1. The van der Waals surface area contributed by atoms with Crippen molar-refractivity contribution in [1.82, 2.24) is 34.0 Å². The van der Waals surface area contributed by atoms with E-state index in [0.717, 1.165) is 35.7 Å². The molecular formula is C32H35N9O4S. The Morgan fingerprint density at radius 3 is 2.59 bits per heavy atom. The maximum absolute atomic E-state index is 12.6. The molecule has 0 bridgehead atoms.